The van der Waals surface area contributed by atoms with Crippen molar-refractivity contribution < 1.29 is 4.57 Å². The lowest BCUT2D eigenvalue weighted by Gasteiger charge is -2.06. The highest BCUT2D eigenvalue weighted by Crippen LogP contribution is 2.27. The molecule has 0 amide bonds. The summed E-state index contributed by atoms with van der Waals surface area (Å²) >= 11 is 1.71. The smallest absolute Gasteiger partial charge is 0.231 e. The van der Waals surface area contributed by atoms with Gasteiger partial charge in [-0.15, -0.1) is 0 Å². The van der Waals surface area contributed by atoms with Crippen LogP contribution in [-0.4, -0.2) is 0 Å². The van der Waals surface area contributed by atoms with E-state index in [1.165, 1.54) is 11.3 Å². The third-order valence-electron chi connectivity index (χ3n) is 3.84. The first-order valence-corrected chi connectivity index (χ1v) is 8.76. The van der Waals surface area contributed by atoms with Gasteiger partial charge in [0.25, 0.3) is 0 Å². The van der Waals surface area contributed by atoms with Crippen molar-refractivity contribution in [1.82, 2.24) is 0 Å². The number of nitrogens with one attached hydrogen (secondary N) is 1. The molecule has 0 atom stereocenters. The molecule has 2 nitrogen and oxygen atoms in total. The molecule has 4 aromatic rings. The van der Waals surface area contributed by atoms with Gasteiger partial charge in [-0.3, -0.25) is 0 Å². The number of thiazole rings is 1. The van der Waals surface area contributed by atoms with Crippen molar-refractivity contribution in [2.45, 2.75) is 0 Å². The number of para-hydroxylation sites is 2. The van der Waals surface area contributed by atoms with E-state index in [4.69, 9.17) is 0 Å². The lowest BCUT2D eigenvalue weighted by atomic mass is 10.1. The molecule has 0 saturated heterocycles. The van der Waals surface area contributed by atoms with Gasteiger partial charge in [0.2, 0.25) is 0 Å². The van der Waals surface area contributed by atoms with Crippen LogP contribution in [-0.2, 0) is 0 Å². The number of hydrogen-bond donors (Lipinski definition) is 1. The van der Waals surface area contributed by atoms with E-state index in [-0.39, 0.29) is 0 Å². The van der Waals surface area contributed by atoms with Gasteiger partial charge < -0.3 is 0 Å². The number of hydrogen-bond acceptors (Lipinski definition) is 2. The fraction of sp³-hybridized carbons (Fsp3) is 0. The quantitative estimate of drug-likeness (QED) is 0.493. The summed E-state index contributed by atoms with van der Waals surface area (Å²) in [7, 11) is 0. The maximum atomic E-state index is 3.54. The molecule has 1 heterocycles. The summed E-state index contributed by atoms with van der Waals surface area (Å²) in [5.74, 6) is 0. The van der Waals surface area contributed by atoms with E-state index in [0.29, 0.717) is 0 Å². The highest BCUT2D eigenvalue weighted by atomic mass is 32.1. The Morgan fingerprint density at radius 1 is 0.667 bits per heavy atom. The fourth-order valence-electron chi connectivity index (χ4n) is 2.70. The zero-order valence-electron chi connectivity index (χ0n) is 13.1. The predicted molar refractivity (Wildman–Crippen MR) is 101 cm³/mol. The lowest BCUT2D eigenvalue weighted by Crippen LogP contribution is -2.33. The van der Waals surface area contributed by atoms with Crippen molar-refractivity contribution >= 4 is 22.2 Å². The van der Waals surface area contributed by atoms with Crippen LogP contribution in [0.15, 0.2) is 96.4 Å². The summed E-state index contributed by atoms with van der Waals surface area (Å²) in [6.07, 6.45) is 0. The molecule has 0 aliphatic heterocycles. The van der Waals surface area contributed by atoms with E-state index in [0.717, 1.165) is 16.5 Å². The second kappa shape index (κ2) is 6.69. The molecule has 0 bridgehead atoms. The fourth-order valence-corrected chi connectivity index (χ4v) is 3.65. The molecule has 0 saturated carbocycles. The summed E-state index contributed by atoms with van der Waals surface area (Å²) in [6.45, 7) is 0. The standard InChI is InChI=1S/C21H16N2S/c1-4-10-17(11-5-1)20-16-24-21(22-18-12-6-2-7-13-18)23(20)19-14-8-3-9-15-19/h1-16H/p+1. The predicted octanol–water partition coefficient (Wildman–Crippen LogP) is 5.44. The van der Waals surface area contributed by atoms with Crippen molar-refractivity contribution in [3.05, 3.63) is 96.4 Å². The van der Waals surface area contributed by atoms with E-state index in [1.807, 2.05) is 30.3 Å². The Kier molecular flexibility index (Phi) is 4.09. The normalized spacial score (nSPS) is 10.5. The number of benzene rings is 3. The van der Waals surface area contributed by atoms with Crippen LogP contribution in [0.3, 0.4) is 0 Å². The first-order chi connectivity index (χ1) is 11.9. The molecule has 24 heavy (non-hydrogen) atoms. The first kappa shape index (κ1) is 14.7. The summed E-state index contributed by atoms with van der Waals surface area (Å²) in [5, 5.41) is 6.83. The van der Waals surface area contributed by atoms with Crippen LogP contribution in [0, 0.1) is 0 Å². The molecule has 1 aromatic heterocycles. The van der Waals surface area contributed by atoms with Gasteiger partial charge in [-0.25, -0.2) is 5.32 Å². The Bertz CT molecular complexity index is 916. The van der Waals surface area contributed by atoms with E-state index in [1.54, 1.807) is 11.3 Å². The van der Waals surface area contributed by atoms with Crippen molar-refractivity contribution in [3.63, 3.8) is 0 Å². The van der Waals surface area contributed by atoms with E-state index in [2.05, 4.69) is 75.9 Å². The largest absolute Gasteiger partial charge is 0.344 e. The van der Waals surface area contributed by atoms with E-state index < -0.39 is 0 Å². The molecule has 3 aromatic carbocycles. The minimum Gasteiger partial charge on any atom is -0.231 e. The van der Waals surface area contributed by atoms with Gasteiger partial charge >= 0.3 is 5.13 Å². The van der Waals surface area contributed by atoms with Crippen LogP contribution in [0.25, 0.3) is 16.9 Å². The van der Waals surface area contributed by atoms with Crippen LogP contribution < -0.4 is 9.88 Å². The minimum atomic E-state index is 1.09. The minimum absolute atomic E-state index is 1.09. The van der Waals surface area contributed by atoms with Crippen molar-refractivity contribution in [1.29, 1.82) is 0 Å². The molecule has 0 aliphatic rings. The Balaban J connectivity index is 1.84. The Labute approximate surface area is 145 Å². The molecular formula is C21H17N2S+. The molecule has 0 unspecified atom stereocenters. The van der Waals surface area contributed by atoms with Gasteiger partial charge in [0.15, 0.2) is 5.69 Å². The highest BCUT2D eigenvalue weighted by molar-refractivity contribution is 7.13. The monoisotopic (exact) mass is 329 g/mol. The zero-order chi connectivity index (χ0) is 16.2. The zero-order valence-corrected chi connectivity index (χ0v) is 13.9. The third-order valence-corrected chi connectivity index (χ3v) is 4.68. The third kappa shape index (κ3) is 2.94. The lowest BCUT2D eigenvalue weighted by molar-refractivity contribution is -0.563. The van der Waals surface area contributed by atoms with Crippen LogP contribution >= 0.6 is 11.3 Å². The van der Waals surface area contributed by atoms with Crippen LogP contribution in [0.1, 0.15) is 0 Å². The van der Waals surface area contributed by atoms with Crippen molar-refractivity contribution in [2.75, 3.05) is 5.32 Å². The molecule has 4 rings (SSSR count). The first-order valence-electron chi connectivity index (χ1n) is 7.88. The van der Waals surface area contributed by atoms with Crippen molar-refractivity contribution in [3.8, 4) is 16.9 Å². The Hall–Kier alpha value is -2.91. The average Bonchev–Trinajstić information content (AvgIpc) is 3.07. The van der Waals surface area contributed by atoms with Crippen LogP contribution in [0.4, 0.5) is 10.8 Å². The van der Waals surface area contributed by atoms with Gasteiger partial charge in [-0.2, -0.15) is 4.57 Å². The number of anilines is 2. The van der Waals surface area contributed by atoms with E-state index in [9.17, 15) is 0 Å². The highest BCUT2D eigenvalue weighted by Gasteiger charge is 2.21. The average molecular weight is 329 g/mol. The van der Waals surface area contributed by atoms with Gasteiger partial charge in [0, 0.05) is 10.9 Å². The summed E-state index contributed by atoms with van der Waals surface area (Å²) in [4.78, 5) is 0. The van der Waals surface area contributed by atoms with Gasteiger partial charge in [0.1, 0.15) is 11.4 Å². The number of nitrogens with zero attached hydrogens (tertiary/aromatic N) is 1. The topological polar surface area (TPSA) is 15.9 Å². The maximum absolute atomic E-state index is 3.54. The summed E-state index contributed by atoms with van der Waals surface area (Å²) < 4.78 is 2.27. The van der Waals surface area contributed by atoms with Gasteiger partial charge in [-0.05, 0) is 24.3 Å². The van der Waals surface area contributed by atoms with Gasteiger partial charge in [-0.1, -0.05) is 78.1 Å². The van der Waals surface area contributed by atoms with Crippen LogP contribution in [0.2, 0.25) is 0 Å². The molecule has 0 fully saturated rings. The van der Waals surface area contributed by atoms with Crippen molar-refractivity contribution in [2.24, 2.45) is 0 Å². The molecule has 0 spiro atoms. The number of rotatable bonds is 4. The Morgan fingerprint density at radius 2 is 1.25 bits per heavy atom. The van der Waals surface area contributed by atoms with Gasteiger partial charge in [0.05, 0.1) is 0 Å². The SMILES string of the molecule is c1ccc(Nc2scc(-c3ccccc3)[n+]2-c2ccccc2)cc1. The molecule has 3 heteroatoms. The molecular weight excluding hydrogens is 312 g/mol. The molecule has 116 valence electrons. The molecule has 0 radical (unpaired) electrons. The molecule has 1 N–H and O–H groups in total. The second-order valence-corrected chi connectivity index (χ2v) is 6.31. The summed E-state index contributed by atoms with van der Waals surface area (Å²) in [5.41, 5.74) is 4.63. The van der Waals surface area contributed by atoms with Crippen LogP contribution in [0.5, 0.6) is 0 Å². The summed E-state index contributed by atoms with van der Waals surface area (Å²) in [6, 6.07) is 31.2. The number of aromatic nitrogens is 1. The Morgan fingerprint density at radius 3 is 1.92 bits per heavy atom. The maximum Gasteiger partial charge on any atom is 0.344 e. The molecule has 0 aliphatic carbocycles. The van der Waals surface area contributed by atoms with E-state index >= 15 is 0 Å². The second-order valence-electron chi connectivity index (χ2n) is 5.45.